The van der Waals surface area contributed by atoms with Crippen molar-refractivity contribution in [2.24, 2.45) is 0 Å². The third kappa shape index (κ3) is 4.40. The Balaban J connectivity index is 1.93. The molecular formula is C22H21F3N6O2S. The molecule has 0 spiro atoms. The molecule has 2 aromatic heterocycles. The standard InChI is InChI=1S/C22H21F3N6O2S/c1-14-27-21(22(23,24)25)13-30(14)19-11-17(34(4,32)33)9-10-18(19)31-20(12-26-28-31)15-5-7-16(8-6-15)29(2)3/h5-13H,1-4H3. The van der Waals surface area contributed by atoms with E-state index in [4.69, 9.17) is 0 Å². The number of sulfone groups is 1. The minimum Gasteiger partial charge on any atom is -0.378 e. The average molecular weight is 491 g/mol. The zero-order valence-electron chi connectivity index (χ0n) is 18.7. The second-order valence-electron chi connectivity index (χ2n) is 7.94. The number of nitrogens with zero attached hydrogens (tertiary/aromatic N) is 6. The molecule has 0 N–H and O–H groups in total. The maximum atomic E-state index is 13.3. The molecule has 12 heteroatoms. The lowest BCUT2D eigenvalue weighted by molar-refractivity contribution is -0.141. The molecule has 0 bridgehead atoms. The molecule has 0 atom stereocenters. The molecule has 0 aliphatic carbocycles. The Labute approximate surface area is 194 Å². The van der Waals surface area contributed by atoms with Crippen LogP contribution in [0.3, 0.4) is 0 Å². The van der Waals surface area contributed by atoms with Crippen LogP contribution in [0.4, 0.5) is 18.9 Å². The third-order valence-electron chi connectivity index (χ3n) is 5.26. The molecule has 0 aliphatic heterocycles. The summed E-state index contributed by atoms with van der Waals surface area (Å²) in [5, 5.41) is 8.12. The molecular weight excluding hydrogens is 469 g/mol. The fraction of sp³-hybridized carbons (Fsp3) is 0.227. The fourth-order valence-corrected chi connectivity index (χ4v) is 4.14. The molecule has 4 aromatic rings. The second-order valence-corrected chi connectivity index (χ2v) is 9.95. The first kappa shape index (κ1) is 23.5. The van der Waals surface area contributed by atoms with Crippen molar-refractivity contribution in [2.45, 2.75) is 18.0 Å². The minimum atomic E-state index is -4.66. The summed E-state index contributed by atoms with van der Waals surface area (Å²) < 4.78 is 67.0. The highest BCUT2D eigenvalue weighted by molar-refractivity contribution is 7.90. The summed E-state index contributed by atoms with van der Waals surface area (Å²) in [6, 6.07) is 11.8. The first-order valence-electron chi connectivity index (χ1n) is 10.0. The molecule has 0 fully saturated rings. The van der Waals surface area contributed by atoms with E-state index < -0.39 is 21.7 Å². The molecule has 8 nitrogen and oxygen atoms in total. The smallest absolute Gasteiger partial charge is 0.378 e. The number of benzene rings is 2. The SMILES string of the molecule is Cc1nc(C(F)(F)F)cn1-c1cc(S(C)(=O)=O)ccc1-n1nncc1-c1ccc(N(C)C)cc1. The number of aromatic nitrogens is 5. The van der Waals surface area contributed by atoms with Crippen LogP contribution in [0.1, 0.15) is 11.5 Å². The number of halogens is 3. The average Bonchev–Trinajstić information content (AvgIpc) is 3.39. The van der Waals surface area contributed by atoms with Gasteiger partial charge in [0, 0.05) is 37.8 Å². The van der Waals surface area contributed by atoms with Gasteiger partial charge in [0.15, 0.2) is 15.5 Å². The summed E-state index contributed by atoms with van der Waals surface area (Å²) in [5.74, 6) is 0.0382. The maximum absolute atomic E-state index is 13.3. The zero-order valence-corrected chi connectivity index (χ0v) is 19.6. The lowest BCUT2D eigenvalue weighted by Crippen LogP contribution is -2.09. The van der Waals surface area contributed by atoms with Crippen molar-refractivity contribution in [1.82, 2.24) is 24.5 Å². The number of aryl methyl sites for hydroxylation is 1. The van der Waals surface area contributed by atoms with Gasteiger partial charge in [-0.3, -0.25) is 0 Å². The van der Waals surface area contributed by atoms with Crippen LogP contribution in [-0.4, -0.2) is 53.3 Å². The number of hydrogen-bond acceptors (Lipinski definition) is 6. The Bertz CT molecular complexity index is 1450. The first-order chi connectivity index (χ1) is 15.9. The van der Waals surface area contributed by atoms with E-state index in [0.29, 0.717) is 11.4 Å². The van der Waals surface area contributed by atoms with Crippen molar-refractivity contribution in [2.75, 3.05) is 25.3 Å². The molecule has 0 radical (unpaired) electrons. The van der Waals surface area contributed by atoms with E-state index in [1.165, 1.54) is 40.6 Å². The van der Waals surface area contributed by atoms with E-state index in [1.807, 2.05) is 43.3 Å². The normalized spacial score (nSPS) is 12.2. The number of rotatable bonds is 5. The second kappa shape index (κ2) is 8.28. The van der Waals surface area contributed by atoms with Crippen molar-refractivity contribution in [3.63, 3.8) is 0 Å². The summed E-state index contributed by atoms with van der Waals surface area (Å²) in [6.07, 6.45) is -1.26. The number of anilines is 1. The van der Waals surface area contributed by atoms with Crippen LogP contribution >= 0.6 is 0 Å². The lowest BCUT2D eigenvalue weighted by atomic mass is 10.1. The Morgan fingerprint density at radius 3 is 2.24 bits per heavy atom. The summed E-state index contributed by atoms with van der Waals surface area (Å²) in [7, 11) is 0.197. The minimum absolute atomic E-state index is 0.0382. The van der Waals surface area contributed by atoms with Crippen molar-refractivity contribution >= 4 is 15.5 Å². The van der Waals surface area contributed by atoms with Gasteiger partial charge in [0.25, 0.3) is 0 Å². The molecule has 34 heavy (non-hydrogen) atoms. The van der Waals surface area contributed by atoms with E-state index in [1.54, 1.807) is 0 Å². The van der Waals surface area contributed by atoms with Gasteiger partial charge in [0.2, 0.25) is 0 Å². The first-order valence-corrected chi connectivity index (χ1v) is 11.9. The van der Waals surface area contributed by atoms with Crippen molar-refractivity contribution in [3.8, 4) is 22.6 Å². The molecule has 2 aromatic carbocycles. The Kier molecular flexibility index (Phi) is 5.72. The highest BCUT2D eigenvalue weighted by Gasteiger charge is 2.35. The van der Waals surface area contributed by atoms with Gasteiger partial charge in [-0.25, -0.2) is 18.1 Å². The van der Waals surface area contributed by atoms with E-state index >= 15 is 0 Å². The van der Waals surface area contributed by atoms with Crippen molar-refractivity contribution in [3.05, 3.63) is 66.4 Å². The lowest BCUT2D eigenvalue weighted by Gasteiger charge is -2.16. The summed E-state index contributed by atoms with van der Waals surface area (Å²) in [5.41, 5.74) is 1.75. The number of alkyl halides is 3. The molecule has 0 unspecified atom stereocenters. The van der Waals surface area contributed by atoms with Crippen LogP contribution in [0.25, 0.3) is 22.6 Å². The van der Waals surface area contributed by atoms with Crippen LogP contribution in [0.2, 0.25) is 0 Å². The zero-order chi connectivity index (χ0) is 24.8. The Morgan fingerprint density at radius 1 is 1.00 bits per heavy atom. The van der Waals surface area contributed by atoms with Gasteiger partial charge in [-0.15, -0.1) is 5.10 Å². The largest absolute Gasteiger partial charge is 0.434 e. The quantitative estimate of drug-likeness (QED) is 0.422. The number of imidazole rings is 1. The van der Waals surface area contributed by atoms with Crippen LogP contribution in [-0.2, 0) is 16.0 Å². The highest BCUT2D eigenvalue weighted by atomic mass is 32.2. The highest BCUT2D eigenvalue weighted by Crippen LogP contribution is 2.33. The number of hydrogen-bond donors (Lipinski definition) is 0. The molecule has 0 aliphatic rings. The Morgan fingerprint density at radius 2 is 1.68 bits per heavy atom. The van der Waals surface area contributed by atoms with Crippen LogP contribution in [0.15, 0.2) is 59.8 Å². The predicted octanol–water partition coefficient (Wildman–Crippen LogP) is 3.92. The molecule has 178 valence electrons. The van der Waals surface area contributed by atoms with Crippen molar-refractivity contribution < 1.29 is 21.6 Å². The monoisotopic (exact) mass is 490 g/mol. The van der Waals surface area contributed by atoms with Gasteiger partial charge in [0.05, 0.1) is 28.2 Å². The maximum Gasteiger partial charge on any atom is 0.434 e. The fourth-order valence-electron chi connectivity index (χ4n) is 3.50. The predicted molar refractivity (Wildman–Crippen MR) is 121 cm³/mol. The van der Waals surface area contributed by atoms with Gasteiger partial charge in [-0.2, -0.15) is 13.2 Å². The Hall–Kier alpha value is -3.67. The van der Waals surface area contributed by atoms with Crippen LogP contribution in [0.5, 0.6) is 0 Å². The molecule has 0 saturated heterocycles. The van der Waals surface area contributed by atoms with E-state index in [-0.39, 0.29) is 16.4 Å². The van der Waals surface area contributed by atoms with Gasteiger partial charge in [-0.1, -0.05) is 17.3 Å². The molecule has 0 amide bonds. The van der Waals surface area contributed by atoms with Gasteiger partial charge in [-0.05, 0) is 37.3 Å². The summed E-state index contributed by atoms with van der Waals surface area (Å²) in [4.78, 5) is 5.51. The van der Waals surface area contributed by atoms with Crippen LogP contribution in [0, 0.1) is 6.92 Å². The third-order valence-corrected chi connectivity index (χ3v) is 6.37. The molecule has 4 rings (SSSR count). The molecule has 2 heterocycles. The topological polar surface area (TPSA) is 85.9 Å². The van der Waals surface area contributed by atoms with Gasteiger partial charge >= 0.3 is 6.18 Å². The van der Waals surface area contributed by atoms with Crippen LogP contribution < -0.4 is 4.90 Å². The van der Waals surface area contributed by atoms with Gasteiger partial charge < -0.3 is 9.47 Å². The van der Waals surface area contributed by atoms with E-state index in [9.17, 15) is 21.6 Å². The van der Waals surface area contributed by atoms with Crippen molar-refractivity contribution in [1.29, 1.82) is 0 Å². The summed E-state index contributed by atoms with van der Waals surface area (Å²) in [6.45, 7) is 1.41. The van der Waals surface area contributed by atoms with E-state index in [2.05, 4.69) is 15.3 Å². The van der Waals surface area contributed by atoms with Gasteiger partial charge in [0.1, 0.15) is 5.82 Å². The molecule has 0 saturated carbocycles. The summed E-state index contributed by atoms with van der Waals surface area (Å²) >= 11 is 0. The van der Waals surface area contributed by atoms with E-state index in [0.717, 1.165) is 23.7 Å².